The zero-order valence-electron chi connectivity index (χ0n) is 18.5. The number of nitrogens with one attached hydrogen (secondary N) is 1. The van der Waals surface area contributed by atoms with E-state index in [0.717, 1.165) is 31.0 Å². The van der Waals surface area contributed by atoms with Gasteiger partial charge >= 0.3 is 0 Å². The zero-order chi connectivity index (χ0) is 21.7. The van der Waals surface area contributed by atoms with E-state index in [1.165, 1.54) is 16.7 Å². The molecule has 1 aliphatic heterocycles. The van der Waals surface area contributed by atoms with Gasteiger partial charge in [0.15, 0.2) is 11.5 Å². The van der Waals surface area contributed by atoms with Crippen LogP contribution in [-0.2, 0) is 17.8 Å². The van der Waals surface area contributed by atoms with Crippen LogP contribution in [-0.4, -0.2) is 44.7 Å². The lowest BCUT2D eigenvalue weighted by Crippen LogP contribution is -2.47. The Morgan fingerprint density at radius 3 is 2.37 bits per heavy atom. The first-order chi connectivity index (χ1) is 14.5. The van der Waals surface area contributed by atoms with Crippen LogP contribution in [0.25, 0.3) is 0 Å². The van der Waals surface area contributed by atoms with Crippen LogP contribution in [0.15, 0.2) is 36.4 Å². The Morgan fingerprint density at radius 2 is 1.77 bits per heavy atom. The predicted molar refractivity (Wildman–Crippen MR) is 117 cm³/mol. The fourth-order valence-electron chi connectivity index (χ4n) is 4.19. The predicted octanol–water partition coefficient (Wildman–Crippen LogP) is 3.73. The molecule has 0 aliphatic carbocycles. The summed E-state index contributed by atoms with van der Waals surface area (Å²) in [6, 6.07) is 12.3. The first kappa shape index (κ1) is 22.0. The molecule has 1 amide bonds. The van der Waals surface area contributed by atoms with Gasteiger partial charge in [-0.1, -0.05) is 19.1 Å². The van der Waals surface area contributed by atoms with Crippen molar-refractivity contribution < 1.29 is 19.0 Å². The molecule has 0 fully saturated rings. The second-order valence-electron chi connectivity index (χ2n) is 7.63. The number of carbonyl (C=O) groups excluding carboxylic acids is 1. The molecule has 1 aliphatic rings. The highest BCUT2D eigenvalue weighted by Crippen LogP contribution is 2.40. The van der Waals surface area contributed by atoms with E-state index in [9.17, 15) is 4.79 Å². The maximum atomic E-state index is 12.1. The van der Waals surface area contributed by atoms with Crippen molar-refractivity contribution in [2.24, 2.45) is 0 Å². The molecule has 0 spiro atoms. The third-order valence-corrected chi connectivity index (χ3v) is 5.75. The molecule has 0 radical (unpaired) electrons. The van der Waals surface area contributed by atoms with E-state index < -0.39 is 0 Å². The summed E-state index contributed by atoms with van der Waals surface area (Å²) >= 11 is 0. The smallest absolute Gasteiger partial charge is 0.219 e. The maximum absolute atomic E-state index is 12.1. The van der Waals surface area contributed by atoms with Gasteiger partial charge in [0.25, 0.3) is 0 Å². The monoisotopic (exact) mass is 412 g/mol. The van der Waals surface area contributed by atoms with Gasteiger partial charge in [-0.05, 0) is 54.3 Å². The van der Waals surface area contributed by atoms with Crippen LogP contribution in [0.5, 0.6) is 17.2 Å². The second-order valence-corrected chi connectivity index (χ2v) is 7.63. The second kappa shape index (κ2) is 9.85. The van der Waals surface area contributed by atoms with Crippen LogP contribution in [0.4, 0.5) is 0 Å². The van der Waals surface area contributed by atoms with Gasteiger partial charge in [-0.2, -0.15) is 0 Å². The number of amides is 1. The Morgan fingerprint density at radius 1 is 1.10 bits per heavy atom. The molecule has 162 valence electrons. The van der Waals surface area contributed by atoms with Crippen molar-refractivity contribution >= 4 is 5.91 Å². The number of hydrogen-bond acceptors (Lipinski definition) is 5. The number of carbonyl (C=O) groups is 1. The SMILES string of the molecule is CCC(=O)N[C@H](C)[C@H]1c2cc(OC)c(OC)cc2CCN1Cc1ccc(OC)cc1. The highest BCUT2D eigenvalue weighted by atomic mass is 16.5. The van der Waals surface area contributed by atoms with Crippen LogP contribution in [0.3, 0.4) is 0 Å². The quantitative estimate of drug-likeness (QED) is 0.716. The summed E-state index contributed by atoms with van der Waals surface area (Å²) in [6.45, 7) is 5.63. The summed E-state index contributed by atoms with van der Waals surface area (Å²) in [5.41, 5.74) is 3.62. The standard InChI is InChI=1S/C24H32N2O4/c1-6-23(27)25-16(2)24-20-14-22(30-5)21(29-4)13-18(20)11-12-26(24)15-17-7-9-19(28-3)10-8-17/h7-10,13-14,16,24H,6,11-12,15H2,1-5H3,(H,25,27)/t16-,24+/m1/s1. The molecule has 0 aromatic heterocycles. The van der Waals surface area contributed by atoms with Crippen molar-refractivity contribution in [3.63, 3.8) is 0 Å². The lowest BCUT2D eigenvalue weighted by atomic mass is 9.87. The average Bonchev–Trinajstić information content (AvgIpc) is 2.78. The summed E-state index contributed by atoms with van der Waals surface area (Å²) in [7, 11) is 4.98. The summed E-state index contributed by atoms with van der Waals surface area (Å²) < 4.78 is 16.4. The van der Waals surface area contributed by atoms with Gasteiger partial charge in [-0.15, -0.1) is 0 Å². The van der Waals surface area contributed by atoms with Crippen LogP contribution in [0, 0.1) is 0 Å². The normalized spacial score (nSPS) is 17.0. The molecule has 1 heterocycles. The number of ether oxygens (including phenoxy) is 3. The Balaban J connectivity index is 1.96. The summed E-state index contributed by atoms with van der Waals surface area (Å²) in [4.78, 5) is 14.6. The number of benzene rings is 2. The molecule has 30 heavy (non-hydrogen) atoms. The van der Waals surface area contributed by atoms with E-state index in [4.69, 9.17) is 14.2 Å². The first-order valence-corrected chi connectivity index (χ1v) is 10.4. The fraction of sp³-hybridized carbons (Fsp3) is 0.458. The molecule has 0 bridgehead atoms. The van der Waals surface area contributed by atoms with Crippen molar-refractivity contribution in [3.8, 4) is 17.2 Å². The number of nitrogens with zero attached hydrogens (tertiary/aromatic N) is 1. The van der Waals surface area contributed by atoms with E-state index in [-0.39, 0.29) is 18.0 Å². The third kappa shape index (κ3) is 4.70. The molecule has 2 aromatic carbocycles. The van der Waals surface area contributed by atoms with Gasteiger partial charge in [0.2, 0.25) is 5.91 Å². The van der Waals surface area contributed by atoms with E-state index in [2.05, 4.69) is 41.4 Å². The largest absolute Gasteiger partial charge is 0.497 e. The van der Waals surface area contributed by atoms with Crippen LogP contribution in [0.2, 0.25) is 0 Å². The summed E-state index contributed by atoms with van der Waals surface area (Å²) in [6.07, 6.45) is 1.38. The summed E-state index contributed by atoms with van der Waals surface area (Å²) in [5.74, 6) is 2.35. The zero-order valence-corrected chi connectivity index (χ0v) is 18.5. The number of rotatable bonds is 8. The van der Waals surface area contributed by atoms with E-state index in [1.807, 2.05) is 19.1 Å². The molecule has 3 rings (SSSR count). The molecular formula is C24H32N2O4. The van der Waals surface area contributed by atoms with E-state index >= 15 is 0 Å². The molecule has 6 heteroatoms. The number of hydrogen-bond donors (Lipinski definition) is 1. The van der Waals surface area contributed by atoms with Crippen molar-refractivity contribution in [2.75, 3.05) is 27.9 Å². The van der Waals surface area contributed by atoms with Gasteiger partial charge in [0.1, 0.15) is 5.75 Å². The highest BCUT2D eigenvalue weighted by molar-refractivity contribution is 5.76. The maximum Gasteiger partial charge on any atom is 0.219 e. The van der Waals surface area contributed by atoms with Crippen molar-refractivity contribution in [2.45, 2.75) is 45.3 Å². The van der Waals surface area contributed by atoms with Crippen LogP contribution >= 0.6 is 0 Å². The molecular weight excluding hydrogens is 380 g/mol. The fourth-order valence-corrected chi connectivity index (χ4v) is 4.19. The molecule has 6 nitrogen and oxygen atoms in total. The topological polar surface area (TPSA) is 60.0 Å². The van der Waals surface area contributed by atoms with Crippen LogP contribution < -0.4 is 19.5 Å². The average molecular weight is 413 g/mol. The Bertz CT molecular complexity index is 866. The Hall–Kier alpha value is -2.73. The van der Waals surface area contributed by atoms with Crippen molar-refractivity contribution in [3.05, 3.63) is 53.1 Å². The van der Waals surface area contributed by atoms with E-state index in [0.29, 0.717) is 12.2 Å². The number of methoxy groups -OCH3 is 3. The minimum absolute atomic E-state index is 0.0335. The van der Waals surface area contributed by atoms with Gasteiger partial charge in [-0.25, -0.2) is 0 Å². The van der Waals surface area contributed by atoms with Crippen molar-refractivity contribution in [1.29, 1.82) is 0 Å². The Labute approximate surface area is 179 Å². The van der Waals surface area contributed by atoms with Gasteiger partial charge in [-0.3, -0.25) is 9.69 Å². The molecule has 0 saturated heterocycles. The molecule has 2 aromatic rings. The molecule has 0 unspecified atom stereocenters. The molecule has 2 atom stereocenters. The van der Waals surface area contributed by atoms with Gasteiger partial charge in [0.05, 0.1) is 27.4 Å². The van der Waals surface area contributed by atoms with Crippen LogP contribution in [0.1, 0.15) is 43.0 Å². The summed E-state index contributed by atoms with van der Waals surface area (Å²) in [5, 5.41) is 3.17. The van der Waals surface area contributed by atoms with Crippen molar-refractivity contribution in [1.82, 2.24) is 10.2 Å². The van der Waals surface area contributed by atoms with Gasteiger partial charge < -0.3 is 19.5 Å². The highest BCUT2D eigenvalue weighted by Gasteiger charge is 2.33. The lowest BCUT2D eigenvalue weighted by Gasteiger charge is -2.41. The Kier molecular flexibility index (Phi) is 7.21. The third-order valence-electron chi connectivity index (χ3n) is 5.75. The number of fused-ring (bicyclic) bond motifs is 1. The van der Waals surface area contributed by atoms with E-state index in [1.54, 1.807) is 21.3 Å². The molecule has 0 saturated carbocycles. The molecule has 1 N–H and O–H groups in total. The lowest BCUT2D eigenvalue weighted by molar-refractivity contribution is -0.121. The van der Waals surface area contributed by atoms with Gasteiger partial charge in [0, 0.05) is 25.6 Å². The first-order valence-electron chi connectivity index (χ1n) is 10.4. The minimum atomic E-state index is -0.0483. The minimum Gasteiger partial charge on any atom is -0.497 e.